The van der Waals surface area contributed by atoms with E-state index in [1.807, 2.05) is 18.5 Å². The van der Waals surface area contributed by atoms with Crippen molar-refractivity contribution < 1.29 is 55.6 Å². The average molecular weight is 544 g/mol. The Hall–Kier alpha value is -2.45. The fraction of sp³-hybridized carbons (Fsp3) is 0.696. The second kappa shape index (κ2) is 13.4. The molecule has 0 aromatic carbocycles. The number of nitrogens with zero attached hydrogens (tertiary/aromatic N) is 2. The molecule has 1 atom stereocenters. The summed E-state index contributed by atoms with van der Waals surface area (Å²) in [4.78, 5) is 24.4. The lowest BCUT2D eigenvalue weighted by Gasteiger charge is -2.53. The van der Waals surface area contributed by atoms with Crippen LogP contribution in [0.15, 0.2) is 24.5 Å². The third-order valence-corrected chi connectivity index (χ3v) is 6.13. The second-order valence-electron chi connectivity index (χ2n) is 9.24. The van der Waals surface area contributed by atoms with E-state index in [9.17, 15) is 26.3 Å². The van der Waals surface area contributed by atoms with Gasteiger partial charge in [-0.3, -0.25) is 9.88 Å². The van der Waals surface area contributed by atoms with Crippen molar-refractivity contribution in [2.24, 2.45) is 5.92 Å². The summed E-state index contributed by atoms with van der Waals surface area (Å²) in [6, 6.07) is 4.15. The molecule has 8 nitrogen and oxygen atoms in total. The van der Waals surface area contributed by atoms with E-state index in [0.717, 1.165) is 51.6 Å². The number of hydrogen-bond acceptors (Lipinski definition) is 6. The van der Waals surface area contributed by atoms with E-state index in [4.69, 9.17) is 29.3 Å². The maximum absolute atomic E-state index is 10.6. The van der Waals surface area contributed by atoms with Gasteiger partial charge in [-0.1, -0.05) is 18.9 Å². The molecule has 3 aliphatic rings. The number of aromatic nitrogens is 1. The summed E-state index contributed by atoms with van der Waals surface area (Å²) < 4.78 is 75.8. The highest BCUT2D eigenvalue weighted by Gasteiger charge is 2.47. The largest absolute Gasteiger partial charge is 0.490 e. The van der Waals surface area contributed by atoms with Gasteiger partial charge in [-0.25, -0.2) is 9.59 Å². The molecule has 1 unspecified atom stereocenters. The highest BCUT2D eigenvalue weighted by molar-refractivity contribution is 5.73. The summed E-state index contributed by atoms with van der Waals surface area (Å²) >= 11 is 0. The Bertz CT molecular complexity index is 832. The quantitative estimate of drug-likeness (QED) is 0.529. The van der Waals surface area contributed by atoms with Crippen molar-refractivity contribution in [3.63, 3.8) is 0 Å². The first kappa shape index (κ1) is 30.8. The molecule has 0 amide bonds. The molecule has 1 spiro atoms. The molecule has 1 aliphatic carbocycles. The first-order valence-electron chi connectivity index (χ1n) is 11.7. The van der Waals surface area contributed by atoms with Gasteiger partial charge < -0.3 is 19.7 Å². The van der Waals surface area contributed by atoms with Gasteiger partial charge in [-0.05, 0) is 36.8 Å². The molecule has 1 aromatic heterocycles. The van der Waals surface area contributed by atoms with Gasteiger partial charge in [-0.15, -0.1) is 0 Å². The van der Waals surface area contributed by atoms with Crippen LogP contribution in [0.25, 0.3) is 0 Å². The van der Waals surface area contributed by atoms with E-state index in [1.54, 1.807) is 0 Å². The number of carboxylic acids is 2. The molecule has 3 fully saturated rings. The first-order chi connectivity index (χ1) is 17.2. The molecule has 210 valence electrons. The van der Waals surface area contributed by atoms with Crippen LogP contribution >= 0.6 is 0 Å². The lowest BCUT2D eigenvalue weighted by atomic mass is 9.84. The monoisotopic (exact) mass is 544 g/mol. The van der Waals surface area contributed by atoms with Crippen LogP contribution in [0.3, 0.4) is 0 Å². The van der Waals surface area contributed by atoms with Gasteiger partial charge in [0.2, 0.25) is 0 Å². The van der Waals surface area contributed by atoms with Crippen molar-refractivity contribution in [1.29, 1.82) is 0 Å². The number of halogens is 6. The Morgan fingerprint density at radius 2 is 1.62 bits per heavy atom. The number of alkyl halides is 6. The summed E-state index contributed by atoms with van der Waals surface area (Å²) in [6.07, 6.45) is 1.70. The van der Waals surface area contributed by atoms with Crippen molar-refractivity contribution in [3.05, 3.63) is 30.1 Å². The van der Waals surface area contributed by atoms with Gasteiger partial charge in [0.1, 0.15) is 0 Å². The van der Waals surface area contributed by atoms with Crippen molar-refractivity contribution >= 4 is 11.9 Å². The number of pyridine rings is 1. The topological polar surface area (TPSA) is 109 Å². The zero-order valence-corrected chi connectivity index (χ0v) is 19.9. The molecule has 0 radical (unpaired) electrons. The molecular weight excluding hydrogens is 514 g/mol. The van der Waals surface area contributed by atoms with Gasteiger partial charge in [-0.2, -0.15) is 26.3 Å². The number of carboxylic acid groups (broad SMARTS) is 2. The van der Waals surface area contributed by atoms with E-state index in [1.165, 1.54) is 31.2 Å². The summed E-state index contributed by atoms with van der Waals surface area (Å²) in [5.74, 6) is -4.70. The number of carbonyl (C=O) groups is 2. The SMILES string of the molecule is O=C(O)C(F)(F)F.O=C(O)C(F)(F)F.c1cncc(CN2CC3(CC(OCC4CCCC4)CCO3)C2)c1. The second-order valence-corrected chi connectivity index (χ2v) is 9.24. The molecule has 3 heterocycles. The number of likely N-dealkylation sites (tertiary alicyclic amines) is 1. The molecule has 2 aliphatic heterocycles. The zero-order valence-electron chi connectivity index (χ0n) is 19.9. The van der Waals surface area contributed by atoms with E-state index >= 15 is 0 Å². The molecular formula is C23H30F6N2O6. The Kier molecular flexibility index (Phi) is 11.1. The van der Waals surface area contributed by atoms with Crippen LogP contribution in [0.5, 0.6) is 0 Å². The van der Waals surface area contributed by atoms with Crippen LogP contribution in [0.2, 0.25) is 0 Å². The molecule has 2 N–H and O–H groups in total. The minimum absolute atomic E-state index is 0.0564. The lowest BCUT2D eigenvalue weighted by Crippen LogP contribution is -2.65. The standard InChI is InChI=1S/C19H28N2O2.2C2HF3O2/c1-2-5-16(4-1)13-22-18-7-9-23-19(10-18)14-21(15-19)12-17-6-3-8-20-11-17;2*3-2(4,5)1(6)7/h3,6,8,11,16,18H,1-2,4-5,7,9-10,12-15H2;2*(H,6,7). The van der Waals surface area contributed by atoms with Crippen LogP contribution in [0.4, 0.5) is 26.3 Å². The zero-order chi connectivity index (χ0) is 27.7. The summed E-state index contributed by atoms with van der Waals surface area (Å²) in [7, 11) is 0. The molecule has 0 bridgehead atoms. The van der Waals surface area contributed by atoms with E-state index in [-0.39, 0.29) is 5.60 Å². The minimum atomic E-state index is -5.08. The van der Waals surface area contributed by atoms with Gasteiger partial charge in [0.05, 0.1) is 11.7 Å². The molecule has 2 saturated heterocycles. The van der Waals surface area contributed by atoms with Gasteiger partial charge >= 0.3 is 24.3 Å². The maximum Gasteiger partial charge on any atom is 0.490 e. The maximum atomic E-state index is 10.6. The van der Waals surface area contributed by atoms with Crippen molar-refractivity contribution in [2.75, 3.05) is 26.3 Å². The van der Waals surface area contributed by atoms with Crippen LogP contribution in [-0.4, -0.2) is 82.4 Å². The van der Waals surface area contributed by atoms with Crippen LogP contribution in [0.1, 0.15) is 44.1 Å². The van der Waals surface area contributed by atoms with Crippen molar-refractivity contribution in [3.8, 4) is 0 Å². The summed E-state index contributed by atoms with van der Waals surface area (Å²) in [6.45, 7) is 4.87. The summed E-state index contributed by atoms with van der Waals surface area (Å²) in [5, 5.41) is 14.2. The number of hydrogen-bond donors (Lipinski definition) is 2. The van der Waals surface area contributed by atoms with Crippen molar-refractivity contribution in [2.45, 2.75) is 69.1 Å². The first-order valence-corrected chi connectivity index (χ1v) is 11.7. The predicted molar refractivity (Wildman–Crippen MR) is 117 cm³/mol. The third-order valence-electron chi connectivity index (χ3n) is 6.13. The minimum Gasteiger partial charge on any atom is -0.475 e. The Labute approximate surface area is 209 Å². The number of ether oxygens (including phenoxy) is 2. The molecule has 14 heteroatoms. The predicted octanol–water partition coefficient (Wildman–Crippen LogP) is 4.29. The van der Waals surface area contributed by atoms with Crippen LogP contribution < -0.4 is 0 Å². The van der Waals surface area contributed by atoms with Crippen molar-refractivity contribution in [1.82, 2.24) is 9.88 Å². The number of rotatable bonds is 5. The van der Waals surface area contributed by atoms with E-state index in [2.05, 4.69) is 16.0 Å². The fourth-order valence-corrected chi connectivity index (χ4v) is 4.43. The Morgan fingerprint density at radius 3 is 2.11 bits per heavy atom. The summed E-state index contributed by atoms with van der Waals surface area (Å²) in [5.41, 5.74) is 1.34. The molecule has 1 saturated carbocycles. The molecule has 4 rings (SSSR count). The lowest BCUT2D eigenvalue weighted by molar-refractivity contribution is -0.200. The average Bonchev–Trinajstić information content (AvgIpc) is 3.31. The Balaban J connectivity index is 0.000000286. The number of aliphatic carboxylic acids is 2. The van der Waals surface area contributed by atoms with Crippen LogP contribution in [-0.2, 0) is 25.6 Å². The van der Waals surface area contributed by atoms with Crippen LogP contribution in [0, 0.1) is 5.92 Å². The van der Waals surface area contributed by atoms with Gasteiger partial charge in [0.15, 0.2) is 0 Å². The van der Waals surface area contributed by atoms with Gasteiger partial charge in [0.25, 0.3) is 0 Å². The highest BCUT2D eigenvalue weighted by Crippen LogP contribution is 2.36. The highest BCUT2D eigenvalue weighted by atomic mass is 19.4. The molecule has 37 heavy (non-hydrogen) atoms. The fourth-order valence-electron chi connectivity index (χ4n) is 4.43. The third kappa shape index (κ3) is 10.8. The smallest absolute Gasteiger partial charge is 0.475 e. The molecule has 1 aromatic rings. The Morgan fingerprint density at radius 1 is 1.05 bits per heavy atom. The van der Waals surface area contributed by atoms with E-state index < -0.39 is 24.3 Å². The normalized spacial score (nSPS) is 21.7. The van der Waals surface area contributed by atoms with Gasteiger partial charge in [0, 0.05) is 51.7 Å². The van der Waals surface area contributed by atoms with E-state index in [0.29, 0.717) is 6.10 Å².